The number of aryl methyl sites for hydroxylation is 1. The molecule has 3 rings (SSSR count). The van der Waals surface area contributed by atoms with Gasteiger partial charge in [-0.1, -0.05) is 12.1 Å². The zero-order valence-electron chi connectivity index (χ0n) is 13.9. The van der Waals surface area contributed by atoms with Crippen molar-refractivity contribution in [1.82, 2.24) is 20.4 Å². The van der Waals surface area contributed by atoms with Crippen molar-refractivity contribution in [3.05, 3.63) is 12.0 Å². The number of piperidine rings is 1. The number of fused-ring (bicyclic) bond motifs is 1. The molecule has 1 N–H and O–H groups in total. The Bertz CT molecular complexity index is 697. The highest BCUT2D eigenvalue weighted by atomic mass is 16.5. The molecule has 7 heteroatoms. The summed E-state index contributed by atoms with van der Waals surface area (Å²) in [7, 11) is 0. The molecule has 1 aliphatic heterocycles. The van der Waals surface area contributed by atoms with Crippen LogP contribution in [0.4, 0.5) is 5.82 Å². The molecule has 1 saturated heterocycles. The summed E-state index contributed by atoms with van der Waals surface area (Å²) >= 11 is 0. The normalized spacial score (nSPS) is 18.6. The maximum Gasteiger partial charge on any atom is 0.263 e. The van der Waals surface area contributed by atoms with Gasteiger partial charge in [-0.05, 0) is 33.1 Å². The highest BCUT2D eigenvalue weighted by Crippen LogP contribution is 2.30. The number of carbonyl (C=O) groups excluding carboxylic acids is 1. The van der Waals surface area contributed by atoms with E-state index in [9.17, 15) is 4.79 Å². The number of rotatable bonds is 4. The van der Waals surface area contributed by atoms with Crippen LogP contribution in [0, 0.1) is 5.92 Å². The molecule has 0 unspecified atom stereocenters. The van der Waals surface area contributed by atoms with Gasteiger partial charge in [0.25, 0.3) is 5.71 Å². The van der Waals surface area contributed by atoms with Gasteiger partial charge in [-0.3, -0.25) is 4.79 Å². The Morgan fingerprint density at radius 3 is 3.04 bits per heavy atom. The summed E-state index contributed by atoms with van der Waals surface area (Å²) in [5.41, 5.74) is 1.38. The Morgan fingerprint density at radius 2 is 2.30 bits per heavy atom. The quantitative estimate of drug-likeness (QED) is 0.927. The van der Waals surface area contributed by atoms with Gasteiger partial charge >= 0.3 is 0 Å². The molecule has 3 heterocycles. The lowest BCUT2D eigenvalue weighted by molar-refractivity contribution is -0.125. The topological polar surface area (TPSA) is 84.2 Å². The van der Waals surface area contributed by atoms with Crippen LogP contribution in [-0.4, -0.2) is 40.2 Å². The van der Waals surface area contributed by atoms with Crippen LogP contribution >= 0.6 is 0 Å². The van der Waals surface area contributed by atoms with Crippen LogP contribution in [-0.2, 0) is 11.2 Å². The Balaban J connectivity index is 1.87. The molecule has 7 nitrogen and oxygen atoms in total. The predicted octanol–water partition coefficient (Wildman–Crippen LogP) is 1.92. The van der Waals surface area contributed by atoms with E-state index < -0.39 is 0 Å². The predicted molar refractivity (Wildman–Crippen MR) is 87.2 cm³/mol. The fourth-order valence-electron chi connectivity index (χ4n) is 3.09. The molecule has 0 aliphatic carbocycles. The van der Waals surface area contributed by atoms with E-state index in [2.05, 4.69) is 25.3 Å². The first-order chi connectivity index (χ1) is 11.1. The lowest BCUT2D eigenvalue weighted by Gasteiger charge is -2.33. The van der Waals surface area contributed by atoms with E-state index in [-0.39, 0.29) is 17.9 Å². The van der Waals surface area contributed by atoms with Crippen molar-refractivity contribution in [3.8, 4) is 0 Å². The van der Waals surface area contributed by atoms with Crippen molar-refractivity contribution in [2.75, 3.05) is 18.0 Å². The molecule has 2 aromatic rings. The van der Waals surface area contributed by atoms with Gasteiger partial charge in [-0.15, -0.1) is 0 Å². The maximum atomic E-state index is 12.3. The zero-order chi connectivity index (χ0) is 16.4. The number of nitrogens with one attached hydrogen (secondary N) is 1. The second-order valence-electron chi connectivity index (χ2n) is 6.31. The van der Waals surface area contributed by atoms with Crippen molar-refractivity contribution < 1.29 is 9.32 Å². The molecule has 0 radical (unpaired) electrons. The number of nitrogens with zero attached hydrogens (tertiary/aromatic N) is 4. The van der Waals surface area contributed by atoms with Gasteiger partial charge in [0.1, 0.15) is 17.5 Å². The number of amides is 1. The molecule has 1 atom stereocenters. The van der Waals surface area contributed by atoms with E-state index in [0.717, 1.165) is 42.7 Å². The third kappa shape index (κ3) is 3.13. The second-order valence-corrected chi connectivity index (χ2v) is 6.31. The van der Waals surface area contributed by atoms with Gasteiger partial charge in [0.05, 0.1) is 11.6 Å². The minimum absolute atomic E-state index is 0.0129. The SMILES string of the molecule is CCc1noc2ncnc(N3CCC[C@@H](C(=O)NC(C)C)C3)c12. The number of hydrogen-bond donors (Lipinski definition) is 1. The van der Waals surface area contributed by atoms with Crippen LogP contribution < -0.4 is 10.2 Å². The molecule has 2 aromatic heterocycles. The van der Waals surface area contributed by atoms with Crippen molar-refractivity contribution in [3.63, 3.8) is 0 Å². The van der Waals surface area contributed by atoms with Crippen molar-refractivity contribution >= 4 is 22.8 Å². The molecule has 0 bridgehead atoms. The first kappa shape index (κ1) is 15.7. The van der Waals surface area contributed by atoms with Gasteiger partial charge in [0, 0.05) is 19.1 Å². The Labute approximate surface area is 135 Å². The third-order valence-electron chi connectivity index (χ3n) is 4.18. The Kier molecular flexibility index (Phi) is 4.45. The molecule has 0 saturated carbocycles. The Hall–Kier alpha value is -2.18. The van der Waals surface area contributed by atoms with Crippen molar-refractivity contribution in [2.45, 2.75) is 46.1 Å². The number of aromatic nitrogens is 3. The first-order valence-corrected chi connectivity index (χ1v) is 8.24. The van der Waals surface area contributed by atoms with E-state index in [0.29, 0.717) is 12.3 Å². The highest BCUT2D eigenvalue weighted by Gasteiger charge is 2.29. The van der Waals surface area contributed by atoms with E-state index in [1.807, 2.05) is 20.8 Å². The summed E-state index contributed by atoms with van der Waals surface area (Å²) in [6.45, 7) is 7.54. The van der Waals surface area contributed by atoms with Gasteiger partial charge < -0.3 is 14.7 Å². The number of anilines is 1. The lowest BCUT2D eigenvalue weighted by Crippen LogP contribution is -2.45. The molecule has 0 spiro atoms. The summed E-state index contributed by atoms with van der Waals surface area (Å²) < 4.78 is 5.29. The fraction of sp³-hybridized carbons (Fsp3) is 0.625. The van der Waals surface area contributed by atoms with Crippen LogP contribution in [0.5, 0.6) is 0 Å². The van der Waals surface area contributed by atoms with Crippen LogP contribution in [0.2, 0.25) is 0 Å². The number of carbonyl (C=O) groups is 1. The summed E-state index contributed by atoms with van der Waals surface area (Å²) in [6.07, 6.45) is 4.14. The summed E-state index contributed by atoms with van der Waals surface area (Å²) in [5, 5.41) is 7.96. The monoisotopic (exact) mass is 317 g/mol. The largest absolute Gasteiger partial charge is 0.355 e. The molecule has 1 amide bonds. The van der Waals surface area contributed by atoms with E-state index >= 15 is 0 Å². The summed E-state index contributed by atoms with van der Waals surface area (Å²) in [4.78, 5) is 23.1. The second kappa shape index (κ2) is 6.52. The van der Waals surface area contributed by atoms with Crippen LogP contribution in [0.15, 0.2) is 10.9 Å². The Morgan fingerprint density at radius 1 is 1.48 bits per heavy atom. The minimum Gasteiger partial charge on any atom is -0.355 e. The van der Waals surface area contributed by atoms with Gasteiger partial charge in [-0.2, -0.15) is 4.98 Å². The van der Waals surface area contributed by atoms with Gasteiger partial charge in [-0.25, -0.2) is 4.98 Å². The summed E-state index contributed by atoms with van der Waals surface area (Å²) in [5.74, 6) is 0.937. The van der Waals surface area contributed by atoms with Gasteiger partial charge in [0.15, 0.2) is 0 Å². The van der Waals surface area contributed by atoms with E-state index in [4.69, 9.17) is 4.52 Å². The molecular weight excluding hydrogens is 294 g/mol. The summed E-state index contributed by atoms with van der Waals surface area (Å²) in [6, 6.07) is 0.161. The van der Waals surface area contributed by atoms with Crippen LogP contribution in [0.1, 0.15) is 39.3 Å². The van der Waals surface area contributed by atoms with E-state index in [1.165, 1.54) is 6.33 Å². The van der Waals surface area contributed by atoms with E-state index in [1.54, 1.807) is 0 Å². The average molecular weight is 317 g/mol. The molecular formula is C16H23N5O2. The molecule has 23 heavy (non-hydrogen) atoms. The zero-order valence-corrected chi connectivity index (χ0v) is 13.9. The molecule has 0 aromatic carbocycles. The molecule has 1 aliphatic rings. The smallest absolute Gasteiger partial charge is 0.263 e. The minimum atomic E-state index is -0.0129. The van der Waals surface area contributed by atoms with Crippen molar-refractivity contribution in [1.29, 1.82) is 0 Å². The lowest BCUT2D eigenvalue weighted by atomic mass is 9.96. The molecule has 1 fully saturated rings. The first-order valence-electron chi connectivity index (χ1n) is 8.24. The van der Waals surface area contributed by atoms with Crippen molar-refractivity contribution in [2.24, 2.45) is 5.92 Å². The van der Waals surface area contributed by atoms with Gasteiger partial charge in [0.2, 0.25) is 5.91 Å². The third-order valence-corrected chi connectivity index (χ3v) is 4.18. The average Bonchev–Trinajstić information content (AvgIpc) is 2.97. The van der Waals surface area contributed by atoms with Crippen LogP contribution in [0.3, 0.4) is 0 Å². The number of hydrogen-bond acceptors (Lipinski definition) is 6. The highest BCUT2D eigenvalue weighted by molar-refractivity contribution is 5.88. The maximum absolute atomic E-state index is 12.3. The molecule has 124 valence electrons. The fourth-order valence-corrected chi connectivity index (χ4v) is 3.09. The van der Waals surface area contributed by atoms with Crippen LogP contribution in [0.25, 0.3) is 11.1 Å². The standard InChI is InChI=1S/C16H23N5O2/c1-4-12-13-14(17-9-18-16(13)23-20-12)21-7-5-6-11(8-21)15(22)19-10(2)3/h9-11H,4-8H2,1-3H3,(H,19,22)/t11-/m1/s1.